The first-order chi connectivity index (χ1) is 15.4. The summed E-state index contributed by atoms with van der Waals surface area (Å²) in [4.78, 5) is 32.4. The number of pyridine rings is 1. The highest BCUT2D eigenvalue weighted by Gasteiger charge is 2.23. The number of nitrogens with zero attached hydrogens (tertiary/aromatic N) is 2. The number of aliphatic imine (C=N–C) groups is 1. The molecule has 0 radical (unpaired) electrons. The van der Waals surface area contributed by atoms with Crippen molar-refractivity contribution in [1.82, 2.24) is 10.3 Å². The van der Waals surface area contributed by atoms with E-state index in [-0.39, 0.29) is 24.3 Å². The monoisotopic (exact) mass is 440 g/mol. The molecule has 10 nitrogen and oxygen atoms in total. The minimum atomic E-state index is -0.603. The molecule has 3 rings (SSSR count). The van der Waals surface area contributed by atoms with Crippen LogP contribution in [0.3, 0.4) is 0 Å². The highest BCUT2D eigenvalue weighted by Crippen LogP contribution is 2.37. The highest BCUT2D eigenvalue weighted by atomic mass is 16.6. The number of rotatable bonds is 7. The molecule has 0 aliphatic carbocycles. The van der Waals surface area contributed by atoms with Crippen LogP contribution in [0.15, 0.2) is 35.3 Å². The van der Waals surface area contributed by atoms with E-state index in [2.05, 4.69) is 27.9 Å². The number of ether oxygens (including phenoxy) is 2. The number of hydrogen-bond donors (Lipinski definition) is 4. The van der Waals surface area contributed by atoms with E-state index in [4.69, 9.17) is 20.2 Å². The van der Waals surface area contributed by atoms with Crippen LogP contribution in [0.4, 0.5) is 32.6 Å². The summed E-state index contributed by atoms with van der Waals surface area (Å²) >= 11 is 0. The lowest BCUT2D eigenvalue weighted by Gasteiger charge is -2.25. The Bertz CT molecular complexity index is 1010. The summed E-state index contributed by atoms with van der Waals surface area (Å²) in [7, 11) is 0. The number of unbranched alkanes of at least 4 members (excludes halogenated alkanes) is 1. The van der Waals surface area contributed by atoms with E-state index < -0.39 is 12.2 Å². The Balaban J connectivity index is 1.75. The predicted molar refractivity (Wildman–Crippen MR) is 124 cm³/mol. The molecular weight excluding hydrogens is 412 g/mol. The minimum Gasteiger partial charge on any atom is -0.450 e. The molecule has 2 amide bonds. The van der Waals surface area contributed by atoms with Gasteiger partial charge in [0.1, 0.15) is 17.3 Å². The number of anilines is 3. The van der Waals surface area contributed by atoms with E-state index in [1.807, 2.05) is 19.1 Å². The lowest BCUT2D eigenvalue weighted by Crippen LogP contribution is -2.30. The number of nitrogens with two attached hydrogens (primary N) is 1. The Morgan fingerprint density at radius 2 is 1.94 bits per heavy atom. The number of fused-ring (bicyclic) bond motifs is 1. The summed E-state index contributed by atoms with van der Waals surface area (Å²) in [5.74, 6) is 0.891. The molecule has 0 bridgehead atoms. The van der Waals surface area contributed by atoms with Crippen LogP contribution in [0.5, 0.6) is 5.75 Å². The van der Waals surface area contributed by atoms with Crippen LogP contribution in [0, 0.1) is 0 Å². The molecule has 0 spiro atoms. The number of aromatic nitrogens is 1. The molecule has 2 heterocycles. The lowest BCUT2D eigenvalue weighted by molar-refractivity contribution is 0.168. The number of benzene rings is 1. The lowest BCUT2D eigenvalue weighted by atomic mass is 10.0. The van der Waals surface area contributed by atoms with E-state index >= 15 is 0 Å². The average molecular weight is 441 g/mol. The van der Waals surface area contributed by atoms with Crippen LogP contribution in [0.1, 0.15) is 39.2 Å². The first kappa shape index (κ1) is 22.9. The Morgan fingerprint density at radius 3 is 2.62 bits per heavy atom. The van der Waals surface area contributed by atoms with Gasteiger partial charge >= 0.3 is 12.2 Å². The van der Waals surface area contributed by atoms with E-state index in [0.29, 0.717) is 23.7 Å². The summed E-state index contributed by atoms with van der Waals surface area (Å²) in [5, 5.41) is 8.58. The fourth-order valence-corrected chi connectivity index (χ4v) is 3.16. The normalized spacial score (nSPS) is 14.5. The zero-order valence-corrected chi connectivity index (χ0v) is 18.4. The van der Waals surface area contributed by atoms with Gasteiger partial charge in [-0.1, -0.05) is 13.3 Å². The highest BCUT2D eigenvalue weighted by molar-refractivity contribution is 6.10. The Hall–Kier alpha value is -3.82. The van der Waals surface area contributed by atoms with Crippen LogP contribution in [0.25, 0.3) is 0 Å². The van der Waals surface area contributed by atoms with Gasteiger partial charge in [-0.25, -0.2) is 19.6 Å². The number of amides is 2. The molecule has 1 aromatic carbocycles. The number of nitrogen functional groups attached to an aromatic ring is 1. The number of carbonyl (C=O) groups is 2. The molecule has 1 aliphatic heterocycles. The van der Waals surface area contributed by atoms with Crippen molar-refractivity contribution in [3.8, 4) is 5.75 Å². The van der Waals surface area contributed by atoms with Crippen LogP contribution in [-0.2, 0) is 4.74 Å². The third kappa shape index (κ3) is 5.65. The van der Waals surface area contributed by atoms with Gasteiger partial charge in [0, 0.05) is 12.6 Å². The minimum absolute atomic E-state index is 0.135. The van der Waals surface area contributed by atoms with Crippen LogP contribution >= 0.6 is 0 Å². The first-order valence-corrected chi connectivity index (χ1v) is 10.6. The fourth-order valence-electron chi connectivity index (χ4n) is 3.16. The van der Waals surface area contributed by atoms with Gasteiger partial charge in [-0.2, -0.15) is 0 Å². The SMILES string of the molecule is CCCCNC(=O)Oc1ccc(C2=Nc3c(cc(NC(=O)OCC)nc3N)N[C@H]2C)cc1. The molecule has 0 saturated heterocycles. The maximum absolute atomic E-state index is 11.8. The van der Waals surface area contributed by atoms with E-state index in [0.717, 1.165) is 24.1 Å². The second-order valence-electron chi connectivity index (χ2n) is 7.19. The maximum Gasteiger partial charge on any atom is 0.412 e. The van der Waals surface area contributed by atoms with Crippen molar-refractivity contribution in [2.45, 2.75) is 39.7 Å². The van der Waals surface area contributed by atoms with Crippen molar-refractivity contribution in [3.63, 3.8) is 0 Å². The molecule has 1 aliphatic rings. The van der Waals surface area contributed by atoms with Gasteiger partial charge in [0.15, 0.2) is 5.82 Å². The van der Waals surface area contributed by atoms with Gasteiger partial charge in [0.2, 0.25) is 0 Å². The van der Waals surface area contributed by atoms with Gasteiger partial charge < -0.3 is 25.8 Å². The average Bonchev–Trinajstić information content (AvgIpc) is 2.74. The molecule has 2 aromatic rings. The third-order valence-electron chi connectivity index (χ3n) is 4.70. The molecule has 5 N–H and O–H groups in total. The second kappa shape index (κ2) is 10.5. The van der Waals surface area contributed by atoms with Crippen molar-refractivity contribution in [1.29, 1.82) is 0 Å². The Morgan fingerprint density at radius 1 is 1.19 bits per heavy atom. The number of carbonyl (C=O) groups excluding carboxylic acids is 2. The molecule has 0 unspecified atom stereocenters. The van der Waals surface area contributed by atoms with Gasteiger partial charge in [-0.3, -0.25) is 5.32 Å². The van der Waals surface area contributed by atoms with Crippen LogP contribution in [-0.4, -0.2) is 42.1 Å². The summed E-state index contributed by atoms with van der Waals surface area (Å²) in [6, 6.07) is 8.62. The van der Waals surface area contributed by atoms with E-state index in [9.17, 15) is 9.59 Å². The topological polar surface area (TPSA) is 140 Å². The molecule has 1 atom stereocenters. The molecule has 32 heavy (non-hydrogen) atoms. The fraction of sp³-hybridized carbons (Fsp3) is 0.364. The van der Waals surface area contributed by atoms with Crippen molar-refractivity contribution < 1.29 is 19.1 Å². The van der Waals surface area contributed by atoms with Crippen molar-refractivity contribution in [3.05, 3.63) is 35.9 Å². The van der Waals surface area contributed by atoms with Gasteiger partial charge in [0.25, 0.3) is 0 Å². The Kier molecular flexibility index (Phi) is 7.48. The number of nitrogens with one attached hydrogen (secondary N) is 3. The molecule has 10 heteroatoms. The summed E-state index contributed by atoms with van der Waals surface area (Å²) in [5.41, 5.74) is 8.85. The van der Waals surface area contributed by atoms with E-state index in [1.165, 1.54) is 0 Å². The molecular formula is C22H28N6O4. The van der Waals surface area contributed by atoms with E-state index in [1.54, 1.807) is 25.1 Å². The summed E-state index contributed by atoms with van der Waals surface area (Å²) in [6.45, 7) is 6.57. The molecule has 1 aromatic heterocycles. The third-order valence-corrected chi connectivity index (χ3v) is 4.70. The molecule has 170 valence electrons. The van der Waals surface area contributed by atoms with Crippen molar-refractivity contribution in [2.75, 3.05) is 29.5 Å². The standard InChI is InChI=1S/C22H28N6O4/c1-4-6-11-24-21(29)32-15-9-7-14(8-10-15)18-13(3)25-16-12-17(27-22(30)31-5-2)26-20(23)19(16)28-18/h7-10,12-13,25H,4-6,11H2,1-3H3,(H,24,29)(H3,23,26,27,30)/t13-/m0/s1. The van der Waals surface area contributed by atoms with Gasteiger partial charge in [-0.15, -0.1) is 0 Å². The quantitative estimate of drug-likeness (QED) is 0.476. The zero-order valence-electron chi connectivity index (χ0n) is 18.4. The Labute approximate surface area is 186 Å². The summed E-state index contributed by atoms with van der Waals surface area (Å²) < 4.78 is 10.2. The van der Waals surface area contributed by atoms with Crippen LogP contribution in [0.2, 0.25) is 0 Å². The predicted octanol–water partition coefficient (Wildman–Crippen LogP) is 4.06. The second-order valence-corrected chi connectivity index (χ2v) is 7.19. The zero-order chi connectivity index (χ0) is 23.1. The van der Waals surface area contributed by atoms with Crippen LogP contribution < -0.4 is 26.4 Å². The molecule has 0 fully saturated rings. The van der Waals surface area contributed by atoms with Gasteiger partial charge in [0.05, 0.1) is 24.0 Å². The van der Waals surface area contributed by atoms with Gasteiger partial charge in [-0.05, 0) is 50.1 Å². The first-order valence-electron chi connectivity index (χ1n) is 10.6. The van der Waals surface area contributed by atoms with Crippen molar-refractivity contribution >= 4 is 40.9 Å². The van der Waals surface area contributed by atoms with Crippen molar-refractivity contribution in [2.24, 2.45) is 4.99 Å². The molecule has 0 saturated carbocycles. The summed E-state index contributed by atoms with van der Waals surface area (Å²) in [6.07, 6.45) is 0.818. The smallest absolute Gasteiger partial charge is 0.412 e. The number of hydrogen-bond acceptors (Lipinski definition) is 8. The maximum atomic E-state index is 11.8. The largest absolute Gasteiger partial charge is 0.450 e.